The molecule has 1 aromatic heterocycles. The first-order chi connectivity index (χ1) is 17.2. The van der Waals surface area contributed by atoms with Gasteiger partial charge in [-0.3, -0.25) is 9.59 Å². The van der Waals surface area contributed by atoms with Crippen LogP contribution in [-0.4, -0.2) is 45.4 Å². The number of allylic oxidation sites excluding steroid dienone is 1. The van der Waals surface area contributed by atoms with Crippen LogP contribution in [0, 0.1) is 0 Å². The second kappa shape index (κ2) is 12.6. The molecule has 2 N–H and O–H groups in total. The van der Waals surface area contributed by atoms with Crippen molar-refractivity contribution in [1.29, 1.82) is 0 Å². The summed E-state index contributed by atoms with van der Waals surface area (Å²) in [6, 6.07) is 10.6. The smallest absolute Gasteiger partial charge is 0.337 e. The van der Waals surface area contributed by atoms with Crippen molar-refractivity contribution in [1.82, 2.24) is 20.1 Å². The Hall–Kier alpha value is -3.34. The van der Waals surface area contributed by atoms with Crippen LogP contribution in [0.5, 0.6) is 0 Å². The molecule has 1 heterocycles. The Bertz CT molecular complexity index is 1300. The zero-order valence-corrected chi connectivity index (χ0v) is 21.8. The van der Waals surface area contributed by atoms with Gasteiger partial charge in [-0.05, 0) is 43.3 Å². The quantitative estimate of drug-likeness (QED) is 0.213. The van der Waals surface area contributed by atoms with Gasteiger partial charge in [-0.1, -0.05) is 47.1 Å². The molecule has 2 aromatic carbocycles. The summed E-state index contributed by atoms with van der Waals surface area (Å²) in [6.07, 6.45) is 1.67. The summed E-state index contributed by atoms with van der Waals surface area (Å²) in [5.74, 6) is -0.651. The topological polar surface area (TPSA) is 115 Å². The van der Waals surface area contributed by atoms with E-state index in [0.717, 1.165) is 0 Å². The zero-order valence-electron chi connectivity index (χ0n) is 19.5. The monoisotopic (exact) mass is 547 g/mol. The van der Waals surface area contributed by atoms with Crippen molar-refractivity contribution in [3.05, 3.63) is 82.1 Å². The highest BCUT2D eigenvalue weighted by atomic mass is 35.5. The fourth-order valence-electron chi connectivity index (χ4n) is 3.21. The van der Waals surface area contributed by atoms with Gasteiger partial charge in [0.25, 0.3) is 5.91 Å². The number of methoxy groups -OCH3 is 1. The maximum absolute atomic E-state index is 12.7. The summed E-state index contributed by atoms with van der Waals surface area (Å²) in [5.41, 5.74) is 1.08. The lowest BCUT2D eigenvalue weighted by molar-refractivity contribution is -0.113. The third kappa shape index (κ3) is 6.87. The molecule has 188 valence electrons. The molecule has 0 saturated heterocycles. The highest BCUT2D eigenvalue weighted by Crippen LogP contribution is 2.24. The first kappa shape index (κ1) is 27.3. The van der Waals surface area contributed by atoms with Gasteiger partial charge in [0.2, 0.25) is 5.91 Å². The van der Waals surface area contributed by atoms with E-state index >= 15 is 0 Å². The third-order valence-corrected chi connectivity index (χ3v) is 6.38. The van der Waals surface area contributed by atoms with E-state index in [2.05, 4.69) is 27.4 Å². The summed E-state index contributed by atoms with van der Waals surface area (Å²) in [4.78, 5) is 36.9. The van der Waals surface area contributed by atoms with Crippen LogP contribution in [-0.2, 0) is 16.1 Å². The van der Waals surface area contributed by atoms with Crippen molar-refractivity contribution in [3.8, 4) is 0 Å². The number of esters is 1. The second-order valence-electron chi connectivity index (χ2n) is 7.47. The average molecular weight is 548 g/mol. The van der Waals surface area contributed by atoms with E-state index in [1.54, 1.807) is 47.9 Å². The Morgan fingerprint density at radius 3 is 2.67 bits per heavy atom. The van der Waals surface area contributed by atoms with Crippen molar-refractivity contribution in [2.24, 2.45) is 0 Å². The highest BCUT2D eigenvalue weighted by molar-refractivity contribution is 7.99. The molecule has 2 amide bonds. The van der Waals surface area contributed by atoms with E-state index < -0.39 is 12.0 Å². The number of carbonyl (C=O) groups excluding carboxylic acids is 3. The molecule has 0 spiro atoms. The Morgan fingerprint density at radius 1 is 1.19 bits per heavy atom. The van der Waals surface area contributed by atoms with Crippen LogP contribution < -0.4 is 10.6 Å². The van der Waals surface area contributed by atoms with Gasteiger partial charge in [0, 0.05) is 17.3 Å². The predicted molar refractivity (Wildman–Crippen MR) is 140 cm³/mol. The van der Waals surface area contributed by atoms with Crippen LogP contribution in [0.25, 0.3) is 0 Å². The lowest BCUT2D eigenvalue weighted by atomic mass is 10.2. The fourth-order valence-corrected chi connectivity index (χ4v) is 4.46. The summed E-state index contributed by atoms with van der Waals surface area (Å²) < 4.78 is 6.46. The van der Waals surface area contributed by atoms with Gasteiger partial charge in [0.1, 0.15) is 0 Å². The number of nitrogens with zero attached hydrogens (tertiary/aromatic N) is 3. The molecule has 0 aliphatic heterocycles. The fraction of sp³-hybridized carbons (Fsp3) is 0.208. The number of anilines is 1. The number of amides is 2. The highest BCUT2D eigenvalue weighted by Gasteiger charge is 2.21. The van der Waals surface area contributed by atoms with Crippen molar-refractivity contribution >= 4 is 58.4 Å². The number of nitrogens with one attached hydrogen (secondary N) is 2. The van der Waals surface area contributed by atoms with Crippen molar-refractivity contribution in [3.63, 3.8) is 0 Å². The molecule has 0 radical (unpaired) electrons. The molecular formula is C24H23Cl2N5O4S. The summed E-state index contributed by atoms with van der Waals surface area (Å²) in [5, 5.41) is 15.1. The Labute approximate surface area is 222 Å². The van der Waals surface area contributed by atoms with Crippen LogP contribution >= 0.6 is 35.0 Å². The number of hydrogen-bond donors (Lipinski definition) is 2. The normalized spacial score (nSPS) is 11.4. The molecular weight excluding hydrogens is 525 g/mol. The van der Waals surface area contributed by atoms with Crippen LogP contribution in [0.1, 0.15) is 39.5 Å². The first-order valence-electron chi connectivity index (χ1n) is 10.6. The van der Waals surface area contributed by atoms with Crippen LogP contribution in [0.3, 0.4) is 0 Å². The molecule has 0 bridgehead atoms. The maximum atomic E-state index is 12.7. The van der Waals surface area contributed by atoms with Crippen molar-refractivity contribution in [2.75, 3.05) is 18.2 Å². The molecule has 12 heteroatoms. The number of carbonyl (C=O) groups is 3. The van der Waals surface area contributed by atoms with Gasteiger partial charge in [0.05, 0.1) is 35.1 Å². The van der Waals surface area contributed by atoms with Gasteiger partial charge >= 0.3 is 5.97 Å². The van der Waals surface area contributed by atoms with Crippen molar-refractivity contribution < 1.29 is 19.1 Å². The van der Waals surface area contributed by atoms with E-state index in [1.165, 1.54) is 31.0 Å². The summed E-state index contributed by atoms with van der Waals surface area (Å²) in [7, 11) is 1.29. The predicted octanol–water partition coefficient (Wildman–Crippen LogP) is 4.78. The Balaban J connectivity index is 1.67. The minimum absolute atomic E-state index is 0.0405. The van der Waals surface area contributed by atoms with Crippen LogP contribution in [0.2, 0.25) is 10.0 Å². The lowest BCUT2D eigenvalue weighted by Crippen LogP contribution is -2.29. The maximum Gasteiger partial charge on any atom is 0.337 e. The molecule has 0 fully saturated rings. The molecule has 9 nitrogen and oxygen atoms in total. The van der Waals surface area contributed by atoms with E-state index in [1.807, 2.05) is 0 Å². The van der Waals surface area contributed by atoms with E-state index in [0.29, 0.717) is 33.8 Å². The molecule has 0 aliphatic carbocycles. The lowest BCUT2D eigenvalue weighted by Gasteiger charge is -2.16. The molecule has 3 aromatic rings. The number of aromatic nitrogens is 3. The Kier molecular flexibility index (Phi) is 9.51. The average Bonchev–Trinajstić information content (AvgIpc) is 3.25. The second-order valence-corrected chi connectivity index (χ2v) is 9.25. The molecule has 0 aliphatic rings. The SMILES string of the molecule is C=CCn1c(SCC(=O)Nc2cccc(C(=O)OC)c2)nnc1[C@@H](C)NC(=O)c1ccc(Cl)cc1Cl. The van der Waals surface area contributed by atoms with Gasteiger partial charge < -0.3 is 19.9 Å². The number of rotatable bonds is 10. The van der Waals surface area contributed by atoms with Crippen molar-refractivity contribution in [2.45, 2.75) is 24.7 Å². The number of ether oxygens (including phenoxy) is 1. The van der Waals surface area contributed by atoms with E-state index in [-0.39, 0.29) is 28.2 Å². The molecule has 1 atom stereocenters. The van der Waals surface area contributed by atoms with E-state index in [9.17, 15) is 14.4 Å². The number of hydrogen-bond acceptors (Lipinski definition) is 7. The summed E-state index contributed by atoms with van der Waals surface area (Å²) >= 11 is 13.2. The van der Waals surface area contributed by atoms with Gasteiger partial charge in [-0.15, -0.1) is 16.8 Å². The van der Waals surface area contributed by atoms with Gasteiger partial charge in [-0.25, -0.2) is 4.79 Å². The third-order valence-electron chi connectivity index (χ3n) is 4.87. The first-order valence-corrected chi connectivity index (χ1v) is 12.4. The summed E-state index contributed by atoms with van der Waals surface area (Å²) in [6.45, 7) is 5.90. The molecule has 3 rings (SSSR count). The van der Waals surface area contributed by atoms with Gasteiger partial charge in [-0.2, -0.15) is 0 Å². The molecule has 0 saturated carbocycles. The minimum Gasteiger partial charge on any atom is -0.465 e. The van der Waals surface area contributed by atoms with Crippen LogP contribution in [0.4, 0.5) is 5.69 Å². The molecule has 36 heavy (non-hydrogen) atoms. The molecule has 0 unspecified atom stereocenters. The standard InChI is InChI=1S/C24H23Cl2N5O4S/c1-4-10-31-21(14(2)27-22(33)18-9-8-16(25)12-19(18)26)29-30-24(31)36-13-20(32)28-17-7-5-6-15(11-17)23(34)35-3/h4-9,11-12,14H,1,10,13H2,2-3H3,(H,27,33)(H,28,32)/t14-/m1/s1. The number of thioether (sulfide) groups is 1. The Morgan fingerprint density at radius 2 is 1.97 bits per heavy atom. The minimum atomic E-state index is -0.513. The number of benzene rings is 2. The zero-order chi connectivity index (χ0) is 26.2. The van der Waals surface area contributed by atoms with E-state index in [4.69, 9.17) is 27.9 Å². The van der Waals surface area contributed by atoms with Crippen LogP contribution in [0.15, 0.2) is 60.3 Å². The largest absolute Gasteiger partial charge is 0.465 e. The number of halogens is 2. The van der Waals surface area contributed by atoms with Gasteiger partial charge in [0.15, 0.2) is 11.0 Å².